The van der Waals surface area contributed by atoms with E-state index in [9.17, 15) is 10.5 Å². The average molecular weight is 611 g/mol. The third-order valence-corrected chi connectivity index (χ3v) is 9.37. The second-order valence-corrected chi connectivity index (χ2v) is 12.0. The maximum absolute atomic E-state index is 10.3. The van der Waals surface area contributed by atoms with E-state index in [1.165, 1.54) is 10.8 Å². The molecule has 0 N–H and O–H groups in total. The highest BCUT2D eigenvalue weighted by molar-refractivity contribution is 6.12. The fourth-order valence-corrected chi connectivity index (χ4v) is 7.39. The van der Waals surface area contributed by atoms with E-state index in [0.717, 1.165) is 66.5 Å². The van der Waals surface area contributed by atoms with E-state index in [0.29, 0.717) is 11.1 Å². The number of para-hydroxylation sites is 5. The number of aromatic nitrogens is 2. The lowest BCUT2D eigenvalue weighted by Crippen LogP contribution is -2.00. The maximum atomic E-state index is 10.3. The predicted octanol–water partition coefficient (Wildman–Crippen LogP) is 11.0. The van der Waals surface area contributed by atoms with Gasteiger partial charge in [0.15, 0.2) is 0 Å². The van der Waals surface area contributed by atoms with Gasteiger partial charge in [0, 0.05) is 32.8 Å². The minimum Gasteiger partial charge on any atom is -0.309 e. The minimum atomic E-state index is 0.591. The second-order valence-electron chi connectivity index (χ2n) is 12.0. The first-order valence-corrected chi connectivity index (χ1v) is 15.9. The molecule has 0 amide bonds. The average Bonchev–Trinajstić information content (AvgIpc) is 3.68. The van der Waals surface area contributed by atoms with Crippen LogP contribution in [0.15, 0.2) is 158 Å². The van der Waals surface area contributed by atoms with Crippen molar-refractivity contribution in [2.24, 2.45) is 0 Å². The highest BCUT2D eigenvalue weighted by atomic mass is 15.0. The van der Waals surface area contributed by atoms with E-state index in [1.807, 2.05) is 42.5 Å². The van der Waals surface area contributed by atoms with Gasteiger partial charge in [0.1, 0.15) is 6.07 Å². The maximum Gasteiger partial charge on any atom is 0.101 e. The van der Waals surface area contributed by atoms with Gasteiger partial charge in [-0.25, -0.2) is 0 Å². The molecule has 0 saturated carbocycles. The highest BCUT2D eigenvalue weighted by Gasteiger charge is 2.20. The van der Waals surface area contributed by atoms with Crippen molar-refractivity contribution in [3.63, 3.8) is 0 Å². The van der Waals surface area contributed by atoms with E-state index >= 15 is 0 Å². The summed E-state index contributed by atoms with van der Waals surface area (Å²) in [6.45, 7) is 0. The van der Waals surface area contributed by atoms with Gasteiger partial charge in [0.25, 0.3) is 0 Å². The molecule has 9 aromatic rings. The van der Waals surface area contributed by atoms with Crippen LogP contribution >= 0.6 is 0 Å². The van der Waals surface area contributed by atoms with Gasteiger partial charge in [-0.1, -0.05) is 109 Å². The lowest BCUT2D eigenvalue weighted by Gasteiger charge is -2.18. The third-order valence-electron chi connectivity index (χ3n) is 9.37. The summed E-state index contributed by atoms with van der Waals surface area (Å²) in [5.41, 5.74) is 11.3. The lowest BCUT2D eigenvalue weighted by molar-refractivity contribution is 1.17. The number of nitrogens with zero attached hydrogens (tertiary/aromatic N) is 4. The fourth-order valence-electron chi connectivity index (χ4n) is 7.39. The number of fused-ring (bicyclic) bond motifs is 6. The fraction of sp³-hybridized carbons (Fsp3) is 0. The zero-order valence-corrected chi connectivity index (χ0v) is 25.8. The quantitative estimate of drug-likeness (QED) is 0.199. The Morgan fingerprint density at radius 1 is 0.417 bits per heavy atom. The monoisotopic (exact) mass is 610 g/mol. The first-order chi connectivity index (χ1) is 23.7. The highest BCUT2D eigenvalue weighted by Crippen LogP contribution is 2.41. The minimum absolute atomic E-state index is 0.591. The van der Waals surface area contributed by atoms with E-state index < -0.39 is 0 Å². The molecule has 0 aliphatic heterocycles. The van der Waals surface area contributed by atoms with Gasteiger partial charge < -0.3 is 9.13 Å². The van der Waals surface area contributed by atoms with Crippen LogP contribution in [-0.2, 0) is 0 Å². The number of rotatable bonds is 4. The van der Waals surface area contributed by atoms with Crippen molar-refractivity contribution < 1.29 is 0 Å². The zero-order valence-electron chi connectivity index (χ0n) is 25.8. The van der Waals surface area contributed by atoms with Crippen LogP contribution in [0.3, 0.4) is 0 Å². The van der Waals surface area contributed by atoms with E-state index in [2.05, 4.69) is 137 Å². The zero-order chi connectivity index (χ0) is 32.2. The molecule has 0 saturated heterocycles. The Kier molecular flexibility index (Phi) is 6.22. The molecule has 7 aromatic carbocycles. The van der Waals surface area contributed by atoms with Crippen LogP contribution in [0.5, 0.6) is 0 Å². The van der Waals surface area contributed by atoms with Gasteiger partial charge >= 0.3 is 0 Å². The van der Waals surface area contributed by atoms with Gasteiger partial charge in [-0.2, -0.15) is 10.5 Å². The van der Waals surface area contributed by atoms with Gasteiger partial charge in [-0.15, -0.1) is 0 Å². The molecule has 4 nitrogen and oxygen atoms in total. The molecule has 48 heavy (non-hydrogen) atoms. The van der Waals surface area contributed by atoms with E-state index in [4.69, 9.17) is 0 Å². The van der Waals surface area contributed by atoms with Crippen LogP contribution in [0, 0.1) is 22.7 Å². The molecule has 2 aromatic heterocycles. The molecule has 0 spiro atoms. The molecule has 4 heteroatoms. The smallest absolute Gasteiger partial charge is 0.101 e. The first kappa shape index (κ1) is 27.4. The van der Waals surface area contributed by atoms with Crippen molar-refractivity contribution in [3.8, 4) is 45.8 Å². The largest absolute Gasteiger partial charge is 0.309 e. The number of hydrogen-bond donors (Lipinski definition) is 0. The number of hydrogen-bond acceptors (Lipinski definition) is 2. The topological polar surface area (TPSA) is 57.4 Å². The third kappa shape index (κ3) is 4.07. The van der Waals surface area contributed by atoms with Crippen molar-refractivity contribution in [3.05, 3.63) is 169 Å². The summed E-state index contributed by atoms with van der Waals surface area (Å²) in [6, 6.07) is 58.9. The van der Waals surface area contributed by atoms with Crippen molar-refractivity contribution in [1.82, 2.24) is 9.13 Å². The van der Waals surface area contributed by atoms with E-state index in [1.54, 1.807) is 0 Å². The molecule has 0 aliphatic carbocycles. The van der Waals surface area contributed by atoms with Gasteiger partial charge in [0.2, 0.25) is 0 Å². The lowest BCUT2D eigenvalue weighted by atomic mass is 9.92. The van der Waals surface area contributed by atoms with Crippen LogP contribution in [0.2, 0.25) is 0 Å². The first-order valence-electron chi connectivity index (χ1n) is 15.9. The van der Waals surface area contributed by atoms with Gasteiger partial charge in [0.05, 0.1) is 45.0 Å². The van der Waals surface area contributed by atoms with E-state index in [-0.39, 0.29) is 0 Å². The summed E-state index contributed by atoms with van der Waals surface area (Å²) in [5.74, 6) is 0. The summed E-state index contributed by atoms with van der Waals surface area (Å²) in [4.78, 5) is 0. The molecule has 0 atom stereocenters. The molecule has 0 unspecified atom stereocenters. The summed E-state index contributed by atoms with van der Waals surface area (Å²) >= 11 is 0. The Hall–Kier alpha value is -6.88. The second kappa shape index (κ2) is 10.9. The summed E-state index contributed by atoms with van der Waals surface area (Å²) in [6.07, 6.45) is 0. The summed E-state index contributed by atoms with van der Waals surface area (Å²) in [7, 11) is 0. The summed E-state index contributed by atoms with van der Waals surface area (Å²) < 4.78 is 4.48. The van der Waals surface area contributed by atoms with Crippen LogP contribution in [-0.4, -0.2) is 9.13 Å². The van der Waals surface area contributed by atoms with Gasteiger partial charge in [-0.05, 0) is 65.2 Å². The Labute approximate surface area is 277 Å². The van der Waals surface area contributed by atoms with Crippen molar-refractivity contribution >= 4 is 43.6 Å². The Morgan fingerprint density at radius 3 is 1.62 bits per heavy atom. The van der Waals surface area contributed by atoms with Gasteiger partial charge in [-0.3, -0.25) is 0 Å². The number of nitriles is 2. The Balaban J connectivity index is 1.31. The Bertz CT molecular complexity index is 2760. The molecule has 9 rings (SSSR count). The van der Waals surface area contributed by atoms with Crippen LogP contribution in [0.1, 0.15) is 11.1 Å². The van der Waals surface area contributed by atoms with Crippen LogP contribution < -0.4 is 0 Å². The SMILES string of the molecule is N#Cc1cc(-c2ccccc2-c2ccccc2-n2c3ccccc3c3cccc(C#N)c32)cc(-n2c3ccccc3c3ccccc32)c1. The number of benzene rings is 7. The summed E-state index contributed by atoms with van der Waals surface area (Å²) in [5, 5.41) is 25.0. The molecule has 0 radical (unpaired) electrons. The Morgan fingerprint density at radius 2 is 0.958 bits per heavy atom. The molecular weight excluding hydrogens is 585 g/mol. The molecular formula is C44H26N4. The van der Waals surface area contributed by atoms with Crippen LogP contribution in [0.25, 0.3) is 77.2 Å². The van der Waals surface area contributed by atoms with Crippen molar-refractivity contribution in [2.75, 3.05) is 0 Å². The van der Waals surface area contributed by atoms with Crippen LogP contribution in [0.4, 0.5) is 0 Å². The molecule has 222 valence electrons. The molecule has 0 fully saturated rings. The molecule has 2 heterocycles. The molecule has 0 bridgehead atoms. The van der Waals surface area contributed by atoms with Crippen molar-refractivity contribution in [2.45, 2.75) is 0 Å². The standard InChI is InChI=1S/C44H26N4/c45-27-29-24-31(26-32(25-29)47-40-20-7-4-16-36(40)37-17-5-8-21-41(37)47)33-13-1-2-14-34(33)35-15-3-9-22-42(35)48-43-23-10-6-18-38(43)39-19-11-12-30(28-46)44(39)48/h1-26H. The normalized spacial score (nSPS) is 11.3. The molecule has 0 aliphatic rings. The predicted molar refractivity (Wildman–Crippen MR) is 195 cm³/mol. The van der Waals surface area contributed by atoms with Crippen molar-refractivity contribution in [1.29, 1.82) is 10.5 Å².